The van der Waals surface area contributed by atoms with E-state index in [1.807, 2.05) is 6.07 Å². The summed E-state index contributed by atoms with van der Waals surface area (Å²) in [5.74, 6) is -0.674. The van der Waals surface area contributed by atoms with Crippen molar-refractivity contribution in [3.05, 3.63) is 24.3 Å². The van der Waals surface area contributed by atoms with Crippen LogP contribution in [-0.2, 0) is 4.79 Å². The zero-order valence-corrected chi connectivity index (χ0v) is 11.3. The molecule has 114 valence electrons. The van der Waals surface area contributed by atoms with E-state index in [4.69, 9.17) is 5.26 Å². The molecule has 0 fully saturated rings. The number of benzene rings is 1. The van der Waals surface area contributed by atoms with E-state index in [9.17, 15) is 18.0 Å². The predicted octanol–water partition coefficient (Wildman–Crippen LogP) is 2.37. The summed E-state index contributed by atoms with van der Waals surface area (Å²) in [5, 5.41) is 11.0. The van der Waals surface area contributed by atoms with Crippen LogP contribution in [0.25, 0.3) is 0 Å². The minimum atomic E-state index is -4.74. The SMILES string of the molecule is CN(CCC#N)CC(=O)Nc1ccc(OC(F)(F)F)cc1. The number of carbonyl (C=O) groups is 1. The molecule has 21 heavy (non-hydrogen) atoms. The first-order valence-corrected chi connectivity index (χ1v) is 6.01. The van der Waals surface area contributed by atoms with Crippen LogP contribution < -0.4 is 10.1 Å². The van der Waals surface area contributed by atoms with E-state index in [1.165, 1.54) is 12.1 Å². The van der Waals surface area contributed by atoms with Gasteiger partial charge in [-0.15, -0.1) is 13.2 Å². The number of carbonyl (C=O) groups excluding carboxylic acids is 1. The van der Waals surface area contributed by atoms with Crippen LogP contribution in [0.1, 0.15) is 6.42 Å². The number of halogens is 3. The van der Waals surface area contributed by atoms with Crippen LogP contribution in [0.2, 0.25) is 0 Å². The van der Waals surface area contributed by atoms with E-state index < -0.39 is 6.36 Å². The van der Waals surface area contributed by atoms with E-state index >= 15 is 0 Å². The van der Waals surface area contributed by atoms with Gasteiger partial charge in [-0.3, -0.25) is 9.69 Å². The van der Waals surface area contributed by atoms with Gasteiger partial charge in [0.2, 0.25) is 5.91 Å². The van der Waals surface area contributed by atoms with E-state index in [0.29, 0.717) is 18.7 Å². The van der Waals surface area contributed by atoms with Crippen LogP contribution in [0.4, 0.5) is 18.9 Å². The van der Waals surface area contributed by atoms with Gasteiger partial charge >= 0.3 is 6.36 Å². The highest BCUT2D eigenvalue weighted by molar-refractivity contribution is 5.92. The van der Waals surface area contributed by atoms with Gasteiger partial charge in [-0.1, -0.05) is 0 Å². The summed E-state index contributed by atoms with van der Waals surface area (Å²) in [6, 6.07) is 6.82. The van der Waals surface area contributed by atoms with Gasteiger partial charge in [0.05, 0.1) is 12.6 Å². The fraction of sp³-hybridized carbons (Fsp3) is 0.385. The molecule has 0 aromatic heterocycles. The maximum atomic E-state index is 12.0. The Kier molecular flexibility index (Phi) is 5.99. The molecule has 1 amide bonds. The Morgan fingerprint density at radius 2 is 2.00 bits per heavy atom. The van der Waals surface area contributed by atoms with Crippen LogP contribution >= 0.6 is 0 Å². The molecule has 0 unspecified atom stereocenters. The molecule has 0 atom stereocenters. The van der Waals surface area contributed by atoms with Crippen molar-refractivity contribution >= 4 is 11.6 Å². The number of alkyl halides is 3. The first-order valence-electron chi connectivity index (χ1n) is 6.01. The van der Waals surface area contributed by atoms with Gasteiger partial charge < -0.3 is 10.1 Å². The van der Waals surface area contributed by atoms with E-state index in [-0.39, 0.29) is 18.2 Å². The fourth-order valence-corrected chi connectivity index (χ4v) is 1.51. The van der Waals surface area contributed by atoms with Crippen molar-refractivity contribution in [3.8, 4) is 11.8 Å². The molecule has 0 aliphatic carbocycles. The van der Waals surface area contributed by atoms with E-state index in [2.05, 4.69) is 10.1 Å². The largest absolute Gasteiger partial charge is 0.573 e. The van der Waals surface area contributed by atoms with Gasteiger partial charge in [0.1, 0.15) is 5.75 Å². The van der Waals surface area contributed by atoms with Gasteiger partial charge in [-0.25, -0.2) is 0 Å². The average Bonchev–Trinajstić information content (AvgIpc) is 2.37. The summed E-state index contributed by atoms with van der Waals surface area (Å²) in [4.78, 5) is 13.3. The molecule has 0 saturated heterocycles. The Labute approximate surface area is 119 Å². The lowest BCUT2D eigenvalue weighted by molar-refractivity contribution is -0.274. The number of ether oxygens (including phenoxy) is 1. The zero-order chi connectivity index (χ0) is 15.9. The first-order chi connectivity index (χ1) is 9.80. The van der Waals surface area contributed by atoms with Gasteiger partial charge in [-0.2, -0.15) is 5.26 Å². The number of rotatable bonds is 6. The van der Waals surface area contributed by atoms with Crippen LogP contribution in [-0.4, -0.2) is 37.3 Å². The second-order valence-corrected chi connectivity index (χ2v) is 4.27. The summed E-state index contributed by atoms with van der Waals surface area (Å²) in [5.41, 5.74) is 0.364. The van der Waals surface area contributed by atoms with Crippen LogP contribution in [0, 0.1) is 11.3 Å². The summed E-state index contributed by atoms with van der Waals surface area (Å²) in [6.07, 6.45) is -4.43. The number of anilines is 1. The molecular weight excluding hydrogens is 287 g/mol. The molecule has 0 saturated carbocycles. The Morgan fingerprint density at radius 3 is 2.52 bits per heavy atom. The molecule has 0 spiro atoms. The molecule has 0 aliphatic rings. The molecule has 0 bridgehead atoms. The third-order valence-corrected chi connectivity index (χ3v) is 2.39. The highest BCUT2D eigenvalue weighted by Crippen LogP contribution is 2.23. The molecule has 1 N–H and O–H groups in total. The van der Waals surface area contributed by atoms with Gasteiger partial charge in [-0.05, 0) is 31.3 Å². The van der Waals surface area contributed by atoms with Crippen molar-refractivity contribution in [2.24, 2.45) is 0 Å². The topological polar surface area (TPSA) is 65.4 Å². The van der Waals surface area contributed by atoms with Crippen LogP contribution in [0.5, 0.6) is 5.75 Å². The minimum absolute atomic E-state index is 0.0858. The molecule has 8 heteroatoms. The van der Waals surface area contributed by atoms with Crippen LogP contribution in [0.3, 0.4) is 0 Å². The summed E-state index contributed by atoms with van der Waals surface area (Å²) in [7, 11) is 1.69. The monoisotopic (exact) mass is 301 g/mol. The molecular formula is C13H14F3N3O2. The number of nitriles is 1. The first kappa shape index (κ1) is 16.8. The number of nitrogens with one attached hydrogen (secondary N) is 1. The fourth-order valence-electron chi connectivity index (χ4n) is 1.51. The number of amides is 1. The van der Waals surface area contributed by atoms with Crippen molar-refractivity contribution in [3.63, 3.8) is 0 Å². The smallest absolute Gasteiger partial charge is 0.406 e. The molecule has 1 aromatic rings. The van der Waals surface area contributed by atoms with Crippen molar-refractivity contribution < 1.29 is 22.7 Å². The van der Waals surface area contributed by atoms with Crippen molar-refractivity contribution in [1.82, 2.24) is 4.90 Å². The number of hydrogen-bond acceptors (Lipinski definition) is 4. The molecule has 0 radical (unpaired) electrons. The second kappa shape index (κ2) is 7.50. The Balaban J connectivity index is 2.48. The maximum Gasteiger partial charge on any atom is 0.573 e. The number of likely N-dealkylation sites (N-methyl/N-ethyl adjacent to an activating group) is 1. The minimum Gasteiger partial charge on any atom is -0.406 e. The predicted molar refractivity (Wildman–Crippen MR) is 69.5 cm³/mol. The lowest BCUT2D eigenvalue weighted by atomic mass is 10.3. The van der Waals surface area contributed by atoms with E-state index in [1.54, 1.807) is 11.9 Å². The Hall–Kier alpha value is -2.27. The molecule has 0 aliphatic heterocycles. The van der Waals surface area contributed by atoms with Crippen molar-refractivity contribution in [2.75, 3.05) is 25.5 Å². The summed E-state index contributed by atoms with van der Waals surface area (Å²) < 4.78 is 39.6. The highest BCUT2D eigenvalue weighted by Gasteiger charge is 2.30. The molecule has 5 nitrogen and oxygen atoms in total. The second-order valence-electron chi connectivity index (χ2n) is 4.27. The van der Waals surface area contributed by atoms with Gasteiger partial charge in [0.25, 0.3) is 0 Å². The number of hydrogen-bond donors (Lipinski definition) is 1. The standard InChI is InChI=1S/C13H14F3N3O2/c1-19(8-2-7-17)9-12(20)18-10-3-5-11(6-4-10)21-13(14,15)16/h3-6H,2,8-9H2,1H3,(H,18,20). The molecule has 0 heterocycles. The summed E-state index contributed by atoms with van der Waals surface area (Å²) >= 11 is 0. The zero-order valence-electron chi connectivity index (χ0n) is 11.3. The molecule has 1 aromatic carbocycles. The lowest BCUT2D eigenvalue weighted by Gasteiger charge is -2.14. The van der Waals surface area contributed by atoms with Crippen molar-refractivity contribution in [2.45, 2.75) is 12.8 Å². The van der Waals surface area contributed by atoms with Gasteiger partial charge in [0, 0.05) is 18.7 Å². The quantitative estimate of drug-likeness (QED) is 0.876. The summed E-state index contributed by atoms with van der Waals surface area (Å²) in [6.45, 7) is 0.546. The third-order valence-electron chi connectivity index (χ3n) is 2.39. The molecule has 1 rings (SSSR count). The lowest BCUT2D eigenvalue weighted by Crippen LogP contribution is -2.30. The van der Waals surface area contributed by atoms with Gasteiger partial charge in [0.15, 0.2) is 0 Å². The van der Waals surface area contributed by atoms with Crippen molar-refractivity contribution in [1.29, 1.82) is 5.26 Å². The van der Waals surface area contributed by atoms with Crippen LogP contribution in [0.15, 0.2) is 24.3 Å². The third kappa shape index (κ3) is 7.17. The maximum absolute atomic E-state index is 12.0. The highest BCUT2D eigenvalue weighted by atomic mass is 19.4. The normalized spacial score (nSPS) is 11.0. The van der Waals surface area contributed by atoms with E-state index in [0.717, 1.165) is 12.1 Å². The average molecular weight is 301 g/mol. The Bertz CT molecular complexity index is 509. The number of nitrogens with zero attached hydrogens (tertiary/aromatic N) is 2. The Morgan fingerprint density at radius 1 is 1.38 bits per heavy atom.